The van der Waals surface area contributed by atoms with E-state index in [2.05, 4.69) is 18.7 Å². The molecule has 0 bridgehead atoms. The van der Waals surface area contributed by atoms with E-state index in [4.69, 9.17) is 5.73 Å². The van der Waals surface area contributed by atoms with Gasteiger partial charge in [-0.05, 0) is 38.1 Å². The van der Waals surface area contributed by atoms with E-state index in [9.17, 15) is 4.39 Å². The molecule has 0 spiro atoms. The monoisotopic (exact) mass is 196 g/mol. The molecule has 1 aromatic carbocycles. The van der Waals surface area contributed by atoms with Crippen molar-refractivity contribution in [2.75, 3.05) is 18.0 Å². The Kier molecular flexibility index (Phi) is 3.89. The van der Waals surface area contributed by atoms with Crippen molar-refractivity contribution >= 4 is 5.69 Å². The van der Waals surface area contributed by atoms with Crippen molar-refractivity contribution in [1.29, 1.82) is 0 Å². The third-order valence-electron chi connectivity index (χ3n) is 2.37. The van der Waals surface area contributed by atoms with Crippen LogP contribution in [0.2, 0.25) is 0 Å². The van der Waals surface area contributed by atoms with Gasteiger partial charge >= 0.3 is 0 Å². The molecule has 78 valence electrons. The van der Waals surface area contributed by atoms with Crippen molar-refractivity contribution < 1.29 is 4.39 Å². The first-order valence-corrected chi connectivity index (χ1v) is 4.91. The van der Waals surface area contributed by atoms with Gasteiger partial charge in [-0.2, -0.15) is 0 Å². The molecule has 1 atom stereocenters. The highest BCUT2D eigenvalue weighted by Crippen LogP contribution is 2.16. The Labute approximate surface area is 84.5 Å². The van der Waals surface area contributed by atoms with Crippen molar-refractivity contribution in [3.8, 4) is 0 Å². The summed E-state index contributed by atoms with van der Waals surface area (Å²) in [6, 6.07) is 6.80. The van der Waals surface area contributed by atoms with Gasteiger partial charge in [0.25, 0.3) is 0 Å². The minimum Gasteiger partial charge on any atom is -0.368 e. The van der Waals surface area contributed by atoms with Gasteiger partial charge in [0.1, 0.15) is 5.82 Å². The minimum absolute atomic E-state index is 0.204. The van der Waals surface area contributed by atoms with Crippen molar-refractivity contribution in [3.63, 3.8) is 0 Å². The Hall–Kier alpha value is -1.09. The van der Waals surface area contributed by atoms with Crippen molar-refractivity contribution in [1.82, 2.24) is 0 Å². The Morgan fingerprint density at radius 3 is 2.36 bits per heavy atom. The molecule has 0 amide bonds. The molecular formula is C11H17FN2. The van der Waals surface area contributed by atoms with Crippen LogP contribution in [0.4, 0.5) is 10.1 Å². The van der Waals surface area contributed by atoms with E-state index in [1.54, 1.807) is 12.1 Å². The normalized spacial score (nSPS) is 12.6. The maximum absolute atomic E-state index is 12.7. The first-order chi connectivity index (χ1) is 6.69. The first-order valence-electron chi connectivity index (χ1n) is 4.91. The summed E-state index contributed by atoms with van der Waals surface area (Å²) in [4.78, 5) is 2.15. The average molecular weight is 196 g/mol. The van der Waals surface area contributed by atoms with Crippen LogP contribution in [0.15, 0.2) is 24.3 Å². The van der Waals surface area contributed by atoms with Crippen LogP contribution in [-0.4, -0.2) is 19.1 Å². The second kappa shape index (κ2) is 4.96. The summed E-state index contributed by atoms with van der Waals surface area (Å²) in [5, 5.41) is 0. The van der Waals surface area contributed by atoms with Gasteiger partial charge in [-0.1, -0.05) is 0 Å². The van der Waals surface area contributed by atoms with Crippen LogP contribution in [0.5, 0.6) is 0 Å². The molecule has 0 heterocycles. The standard InChI is InChI=1S/C11H17FN2/c1-3-14(9(2)8-13)11-6-4-10(12)5-7-11/h4-7,9H,3,8,13H2,1-2H3. The van der Waals surface area contributed by atoms with E-state index in [0.717, 1.165) is 12.2 Å². The summed E-state index contributed by atoms with van der Waals surface area (Å²) < 4.78 is 12.7. The summed E-state index contributed by atoms with van der Waals surface area (Å²) in [5.74, 6) is -0.204. The number of benzene rings is 1. The topological polar surface area (TPSA) is 29.3 Å². The van der Waals surface area contributed by atoms with E-state index in [1.807, 2.05) is 0 Å². The van der Waals surface area contributed by atoms with Gasteiger partial charge in [0, 0.05) is 24.8 Å². The van der Waals surface area contributed by atoms with Crippen LogP contribution in [0.1, 0.15) is 13.8 Å². The molecule has 0 saturated carbocycles. The van der Waals surface area contributed by atoms with Gasteiger partial charge in [-0.25, -0.2) is 4.39 Å². The number of likely N-dealkylation sites (N-methyl/N-ethyl adjacent to an activating group) is 1. The lowest BCUT2D eigenvalue weighted by molar-refractivity contribution is 0.624. The van der Waals surface area contributed by atoms with Crippen molar-refractivity contribution in [2.45, 2.75) is 19.9 Å². The third kappa shape index (κ3) is 2.45. The van der Waals surface area contributed by atoms with Gasteiger partial charge in [-0.3, -0.25) is 0 Å². The molecule has 0 saturated heterocycles. The zero-order chi connectivity index (χ0) is 10.6. The molecule has 14 heavy (non-hydrogen) atoms. The summed E-state index contributed by atoms with van der Waals surface area (Å²) in [6.07, 6.45) is 0. The second-order valence-electron chi connectivity index (χ2n) is 3.35. The minimum atomic E-state index is -0.204. The molecule has 3 heteroatoms. The molecular weight excluding hydrogens is 179 g/mol. The molecule has 0 aromatic heterocycles. The van der Waals surface area contributed by atoms with Crippen LogP contribution < -0.4 is 10.6 Å². The van der Waals surface area contributed by atoms with Crippen LogP contribution in [0.25, 0.3) is 0 Å². The predicted molar refractivity (Wildman–Crippen MR) is 57.9 cm³/mol. The predicted octanol–water partition coefficient (Wildman–Crippen LogP) is 2.00. The fraction of sp³-hybridized carbons (Fsp3) is 0.455. The zero-order valence-electron chi connectivity index (χ0n) is 8.70. The molecule has 2 N–H and O–H groups in total. The number of hydrogen-bond acceptors (Lipinski definition) is 2. The third-order valence-corrected chi connectivity index (χ3v) is 2.37. The number of rotatable bonds is 4. The Morgan fingerprint density at radius 2 is 1.93 bits per heavy atom. The Morgan fingerprint density at radius 1 is 1.36 bits per heavy atom. The van der Waals surface area contributed by atoms with E-state index in [1.165, 1.54) is 12.1 Å². The van der Waals surface area contributed by atoms with Gasteiger partial charge < -0.3 is 10.6 Å². The van der Waals surface area contributed by atoms with Gasteiger partial charge in [0.15, 0.2) is 0 Å². The molecule has 0 aliphatic rings. The van der Waals surface area contributed by atoms with Crippen molar-refractivity contribution in [3.05, 3.63) is 30.1 Å². The smallest absolute Gasteiger partial charge is 0.123 e. The SMILES string of the molecule is CCN(c1ccc(F)cc1)C(C)CN. The molecule has 0 fully saturated rings. The number of hydrogen-bond donors (Lipinski definition) is 1. The second-order valence-corrected chi connectivity index (χ2v) is 3.35. The Bertz CT molecular complexity index is 271. The molecule has 0 radical (unpaired) electrons. The highest BCUT2D eigenvalue weighted by atomic mass is 19.1. The van der Waals surface area contributed by atoms with Crippen LogP contribution in [0, 0.1) is 5.82 Å². The lowest BCUT2D eigenvalue weighted by Crippen LogP contribution is -2.38. The van der Waals surface area contributed by atoms with Crippen LogP contribution >= 0.6 is 0 Å². The largest absolute Gasteiger partial charge is 0.368 e. The Balaban J connectivity index is 2.84. The number of nitrogens with zero attached hydrogens (tertiary/aromatic N) is 1. The van der Waals surface area contributed by atoms with E-state index in [-0.39, 0.29) is 11.9 Å². The summed E-state index contributed by atoms with van der Waals surface area (Å²) in [5.41, 5.74) is 6.62. The number of halogens is 1. The zero-order valence-corrected chi connectivity index (χ0v) is 8.70. The van der Waals surface area contributed by atoms with E-state index < -0.39 is 0 Å². The molecule has 1 unspecified atom stereocenters. The lowest BCUT2D eigenvalue weighted by Gasteiger charge is -2.29. The lowest BCUT2D eigenvalue weighted by atomic mass is 10.2. The first kappa shape index (κ1) is 11.0. The molecule has 0 aliphatic heterocycles. The summed E-state index contributed by atoms with van der Waals surface area (Å²) in [6.45, 7) is 5.61. The summed E-state index contributed by atoms with van der Waals surface area (Å²) >= 11 is 0. The maximum Gasteiger partial charge on any atom is 0.123 e. The van der Waals surface area contributed by atoms with Gasteiger partial charge in [0.05, 0.1) is 0 Å². The van der Waals surface area contributed by atoms with Gasteiger partial charge in [-0.15, -0.1) is 0 Å². The van der Waals surface area contributed by atoms with Crippen LogP contribution in [0.3, 0.4) is 0 Å². The van der Waals surface area contributed by atoms with E-state index >= 15 is 0 Å². The molecule has 0 aliphatic carbocycles. The molecule has 2 nitrogen and oxygen atoms in total. The quantitative estimate of drug-likeness (QED) is 0.798. The maximum atomic E-state index is 12.7. The molecule has 1 aromatic rings. The number of nitrogens with two attached hydrogens (primary N) is 1. The fourth-order valence-electron chi connectivity index (χ4n) is 1.51. The highest BCUT2D eigenvalue weighted by Gasteiger charge is 2.10. The van der Waals surface area contributed by atoms with E-state index in [0.29, 0.717) is 6.54 Å². The average Bonchev–Trinajstić information content (AvgIpc) is 2.21. The van der Waals surface area contributed by atoms with Gasteiger partial charge in [0.2, 0.25) is 0 Å². The molecule has 1 rings (SSSR count). The van der Waals surface area contributed by atoms with Crippen LogP contribution in [-0.2, 0) is 0 Å². The number of anilines is 1. The fourth-order valence-corrected chi connectivity index (χ4v) is 1.51. The highest BCUT2D eigenvalue weighted by molar-refractivity contribution is 5.47. The van der Waals surface area contributed by atoms with Crippen molar-refractivity contribution in [2.24, 2.45) is 5.73 Å². The summed E-state index contributed by atoms with van der Waals surface area (Å²) in [7, 11) is 0.